The lowest BCUT2D eigenvalue weighted by Gasteiger charge is -2.30. The first-order valence-electron chi connectivity index (χ1n) is 8.98. The highest BCUT2D eigenvalue weighted by Gasteiger charge is 2.22. The predicted octanol–water partition coefficient (Wildman–Crippen LogP) is 2.63. The van der Waals surface area contributed by atoms with E-state index in [1.54, 1.807) is 12.5 Å². The van der Waals surface area contributed by atoms with Crippen molar-refractivity contribution in [1.29, 1.82) is 0 Å². The molecule has 7 nitrogen and oxygen atoms in total. The first-order chi connectivity index (χ1) is 13.3. The number of hydrogen-bond acceptors (Lipinski definition) is 7. The zero-order chi connectivity index (χ0) is 18.5. The summed E-state index contributed by atoms with van der Waals surface area (Å²) in [7, 11) is 0. The van der Waals surface area contributed by atoms with E-state index in [4.69, 9.17) is 10.5 Å². The Balaban J connectivity index is 1.73. The van der Waals surface area contributed by atoms with Crippen LogP contribution >= 0.6 is 0 Å². The number of ether oxygens (including phenoxy) is 1. The van der Waals surface area contributed by atoms with E-state index in [0.717, 1.165) is 30.3 Å². The molecule has 2 aromatic heterocycles. The Kier molecular flexibility index (Phi) is 5.11. The molecule has 0 amide bonds. The third kappa shape index (κ3) is 3.83. The van der Waals surface area contributed by atoms with E-state index < -0.39 is 0 Å². The third-order valence-electron chi connectivity index (χ3n) is 4.52. The Bertz CT molecular complexity index is 868. The van der Waals surface area contributed by atoms with Gasteiger partial charge in [-0.25, -0.2) is 15.0 Å². The van der Waals surface area contributed by atoms with Crippen molar-refractivity contribution in [2.45, 2.75) is 6.54 Å². The Morgan fingerprint density at radius 2 is 1.74 bits per heavy atom. The number of aromatic nitrogens is 3. The van der Waals surface area contributed by atoms with Crippen LogP contribution in [-0.4, -0.2) is 41.3 Å². The Labute approximate surface area is 158 Å². The first kappa shape index (κ1) is 17.2. The van der Waals surface area contributed by atoms with E-state index in [9.17, 15) is 0 Å². The average molecular weight is 362 g/mol. The van der Waals surface area contributed by atoms with E-state index in [1.165, 1.54) is 0 Å². The minimum atomic E-state index is 0.556. The van der Waals surface area contributed by atoms with Gasteiger partial charge in [-0.05, 0) is 17.7 Å². The average Bonchev–Trinajstić information content (AvgIpc) is 2.74. The number of benzene rings is 1. The molecule has 4 rings (SSSR count). The number of nitrogens with zero attached hydrogens (tertiary/aromatic N) is 5. The van der Waals surface area contributed by atoms with Gasteiger partial charge in [0.1, 0.15) is 17.8 Å². The highest BCUT2D eigenvalue weighted by molar-refractivity contribution is 5.79. The van der Waals surface area contributed by atoms with E-state index in [2.05, 4.69) is 32.0 Å². The fourth-order valence-electron chi connectivity index (χ4n) is 3.16. The first-order valence-corrected chi connectivity index (χ1v) is 8.98. The summed E-state index contributed by atoms with van der Waals surface area (Å²) in [4.78, 5) is 17.6. The van der Waals surface area contributed by atoms with Crippen LogP contribution < -0.4 is 15.5 Å². The maximum absolute atomic E-state index is 6.53. The van der Waals surface area contributed by atoms with Crippen molar-refractivity contribution in [3.8, 4) is 0 Å². The fourth-order valence-corrected chi connectivity index (χ4v) is 3.16. The lowest BCUT2D eigenvalue weighted by atomic mass is 10.2. The lowest BCUT2D eigenvalue weighted by molar-refractivity contribution is 0.122. The van der Waals surface area contributed by atoms with Crippen LogP contribution in [0.1, 0.15) is 5.56 Å². The quantitative estimate of drug-likeness (QED) is 0.747. The Morgan fingerprint density at radius 1 is 0.963 bits per heavy atom. The summed E-state index contributed by atoms with van der Waals surface area (Å²) in [5, 5.41) is 0. The van der Waals surface area contributed by atoms with Crippen molar-refractivity contribution in [2.24, 2.45) is 0 Å². The van der Waals surface area contributed by atoms with Crippen LogP contribution in [0.3, 0.4) is 0 Å². The smallest absolute Gasteiger partial charge is 0.163 e. The van der Waals surface area contributed by atoms with Crippen LogP contribution in [0.25, 0.3) is 0 Å². The molecule has 138 valence electrons. The highest BCUT2D eigenvalue weighted by Crippen LogP contribution is 2.34. The molecule has 3 aromatic rings. The molecule has 1 saturated heterocycles. The van der Waals surface area contributed by atoms with Crippen LogP contribution in [0.4, 0.5) is 23.1 Å². The maximum Gasteiger partial charge on any atom is 0.163 e. The van der Waals surface area contributed by atoms with Crippen LogP contribution in [0.2, 0.25) is 0 Å². The summed E-state index contributed by atoms with van der Waals surface area (Å²) < 4.78 is 5.44. The summed E-state index contributed by atoms with van der Waals surface area (Å²) in [6.45, 7) is 3.49. The largest absolute Gasteiger partial charge is 0.393 e. The molecule has 0 spiro atoms. The SMILES string of the molecule is Nc1c(N2CCOCC2)ncnc1N(Cc1ccccc1)c1ccccn1. The molecule has 0 aliphatic carbocycles. The monoisotopic (exact) mass is 362 g/mol. The standard InChI is InChI=1S/C20H22N6O/c21-18-19(25-10-12-27-13-11-25)23-15-24-20(18)26(17-8-4-5-9-22-17)14-16-6-2-1-3-7-16/h1-9,15H,10-14,21H2. The topological polar surface area (TPSA) is 80.4 Å². The van der Waals surface area contributed by atoms with Crippen molar-refractivity contribution in [3.05, 3.63) is 66.6 Å². The van der Waals surface area contributed by atoms with Crippen LogP contribution in [0.5, 0.6) is 0 Å². The minimum Gasteiger partial charge on any atom is -0.393 e. The lowest BCUT2D eigenvalue weighted by Crippen LogP contribution is -2.37. The molecule has 7 heteroatoms. The third-order valence-corrected chi connectivity index (χ3v) is 4.52. The number of nitrogens with two attached hydrogens (primary N) is 1. The molecule has 27 heavy (non-hydrogen) atoms. The zero-order valence-corrected chi connectivity index (χ0v) is 15.0. The molecule has 0 saturated carbocycles. The normalized spacial score (nSPS) is 14.1. The van der Waals surface area contributed by atoms with Crippen molar-refractivity contribution in [2.75, 3.05) is 41.8 Å². The summed E-state index contributed by atoms with van der Waals surface area (Å²) >= 11 is 0. The second kappa shape index (κ2) is 8.01. The Morgan fingerprint density at radius 3 is 2.48 bits per heavy atom. The zero-order valence-electron chi connectivity index (χ0n) is 15.0. The van der Waals surface area contributed by atoms with Gasteiger partial charge >= 0.3 is 0 Å². The fraction of sp³-hybridized carbons (Fsp3) is 0.250. The molecule has 1 fully saturated rings. The summed E-state index contributed by atoms with van der Waals surface area (Å²) in [6.07, 6.45) is 3.34. The number of nitrogen functional groups attached to an aromatic ring is 1. The summed E-state index contributed by atoms with van der Waals surface area (Å²) in [6, 6.07) is 16.0. The van der Waals surface area contributed by atoms with Gasteiger partial charge in [0.05, 0.1) is 19.8 Å². The van der Waals surface area contributed by atoms with Gasteiger partial charge in [0, 0.05) is 19.3 Å². The van der Waals surface area contributed by atoms with Crippen LogP contribution in [0.15, 0.2) is 61.1 Å². The van der Waals surface area contributed by atoms with Gasteiger partial charge in [0.2, 0.25) is 0 Å². The van der Waals surface area contributed by atoms with Gasteiger partial charge in [-0.1, -0.05) is 36.4 Å². The van der Waals surface area contributed by atoms with Crippen molar-refractivity contribution in [3.63, 3.8) is 0 Å². The number of pyridine rings is 1. The molecule has 0 bridgehead atoms. The van der Waals surface area contributed by atoms with Crippen LogP contribution in [0, 0.1) is 0 Å². The number of rotatable bonds is 5. The molecule has 0 unspecified atom stereocenters. The molecular weight excluding hydrogens is 340 g/mol. The van der Waals surface area contributed by atoms with Gasteiger partial charge in [0.15, 0.2) is 11.6 Å². The molecule has 3 heterocycles. The molecule has 0 atom stereocenters. The molecule has 2 N–H and O–H groups in total. The van der Waals surface area contributed by atoms with E-state index in [0.29, 0.717) is 31.3 Å². The number of morpholine rings is 1. The summed E-state index contributed by atoms with van der Waals surface area (Å²) in [5.74, 6) is 2.20. The van der Waals surface area contributed by atoms with Gasteiger partial charge in [-0.3, -0.25) is 0 Å². The van der Waals surface area contributed by atoms with Gasteiger partial charge in [-0.15, -0.1) is 0 Å². The maximum atomic E-state index is 6.53. The van der Waals surface area contributed by atoms with Gasteiger partial charge < -0.3 is 20.3 Å². The number of hydrogen-bond donors (Lipinski definition) is 1. The van der Waals surface area contributed by atoms with E-state index in [-0.39, 0.29) is 0 Å². The number of anilines is 4. The molecular formula is C20H22N6O. The van der Waals surface area contributed by atoms with Gasteiger partial charge in [-0.2, -0.15) is 0 Å². The van der Waals surface area contributed by atoms with E-state index in [1.807, 2.05) is 41.3 Å². The Hall–Kier alpha value is -3.19. The van der Waals surface area contributed by atoms with Crippen LogP contribution in [-0.2, 0) is 11.3 Å². The molecule has 0 radical (unpaired) electrons. The van der Waals surface area contributed by atoms with E-state index >= 15 is 0 Å². The van der Waals surface area contributed by atoms with Crippen molar-refractivity contribution in [1.82, 2.24) is 15.0 Å². The van der Waals surface area contributed by atoms with Crippen molar-refractivity contribution < 1.29 is 4.74 Å². The minimum absolute atomic E-state index is 0.556. The molecule has 1 aromatic carbocycles. The predicted molar refractivity (Wildman–Crippen MR) is 106 cm³/mol. The van der Waals surface area contributed by atoms with Gasteiger partial charge in [0.25, 0.3) is 0 Å². The second-order valence-corrected chi connectivity index (χ2v) is 6.29. The van der Waals surface area contributed by atoms with Crippen molar-refractivity contribution >= 4 is 23.1 Å². The molecule has 1 aliphatic rings. The second-order valence-electron chi connectivity index (χ2n) is 6.29. The highest BCUT2D eigenvalue weighted by atomic mass is 16.5. The summed E-state index contributed by atoms with van der Waals surface area (Å²) in [5.41, 5.74) is 8.23. The molecule has 1 aliphatic heterocycles.